The fraction of sp³-hybridized carbons (Fsp3) is 0.571. The minimum Gasteiger partial charge on any atom is -0.380 e. The summed E-state index contributed by atoms with van der Waals surface area (Å²) in [4.78, 5) is 17.5. The Hall–Kier alpha value is -0.710. The van der Waals surface area contributed by atoms with Crippen LogP contribution < -0.4 is 5.32 Å². The van der Waals surface area contributed by atoms with Gasteiger partial charge in [-0.15, -0.1) is 0 Å². The molecule has 4 N–H and O–H groups in total. The van der Waals surface area contributed by atoms with Crippen LogP contribution in [0.4, 0.5) is 0 Å². The second kappa shape index (κ2) is 8.55. The first-order valence-corrected chi connectivity index (χ1v) is 8.63. The smallest absolute Gasteiger partial charge is 0.353 e. The lowest BCUT2D eigenvalue weighted by molar-refractivity contribution is 0.193. The topological polar surface area (TPSA) is 89.8 Å². The number of unbranched alkanes of at least 4 members (excludes halogenated alkanes) is 1. The Balaban J connectivity index is 2.27. The molecule has 0 fully saturated rings. The number of hydrogen-bond donors (Lipinski definition) is 4. The van der Waals surface area contributed by atoms with Gasteiger partial charge in [0.05, 0.1) is 0 Å². The molecule has 0 aliphatic rings. The number of hydrogen-bond acceptors (Lipinski definition) is 3. The molecule has 114 valence electrons. The van der Waals surface area contributed by atoms with Crippen molar-refractivity contribution in [2.45, 2.75) is 45.0 Å². The van der Waals surface area contributed by atoms with Gasteiger partial charge in [-0.2, -0.15) is 0 Å². The summed E-state index contributed by atoms with van der Waals surface area (Å²) in [6.07, 6.45) is 3.51. The molecule has 20 heavy (non-hydrogen) atoms. The lowest BCUT2D eigenvalue weighted by Crippen LogP contribution is -2.20. The van der Waals surface area contributed by atoms with Crippen molar-refractivity contribution in [1.82, 2.24) is 5.32 Å². The molecule has 1 unspecified atom stereocenters. The summed E-state index contributed by atoms with van der Waals surface area (Å²) in [6, 6.07) is 8.32. The molecule has 1 aromatic rings. The van der Waals surface area contributed by atoms with Crippen LogP contribution in [0.3, 0.4) is 0 Å². The van der Waals surface area contributed by atoms with Gasteiger partial charge < -0.3 is 20.2 Å². The number of nitrogens with one attached hydrogen (secondary N) is 1. The van der Waals surface area contributed by atoms with Crippen LogP contribution in [0.2, 0.25) is 0 Å². The SMILES string of the molecule is CCCCc1ccc(CNCCC(O)P(=O)(O)O)cc1. The molecule has 0 radical (unpaired) electrons. The van der Waals surface area contributed by atoms with Gasteiger partial charge in [0.1, 0.15) is 0 Å². The van der Waals surface area contributed by atoms with Gasteiger partial charge in [0.15, 0.2) is 5.85 Å². The van der Waals surface area contributed by atoms with Crippen LogP contribution in [0, 0.1) is 0 Å². The van der Waals surface area contributed by atoms with E-state index in [1.807, 2.05) is 0 Å². The number of rotatable bonds is 9. The Labute approximate surface area is 120 Å². The normalized spacial score (nSPS) is 13.4. The van der Waals surface area contributed by atoms with Gasteiger partial charge in [-0.05, 0) is 36.9 Å². The Kier molecular flexibility index (Phi) is 7.41. The van der Waals surface area contributed by atoms with Crippen molar-refractivity contribution in [2.24, 2.45) is 0 Å². The third-order valence-electron chi connectivity index (χ3n) is 3.14. The van der Waals surface area contributed by atoms with Crippen LogP contribution in [0.1, 0.15) is 37.3 Å². The van der Waals surface area contributed by atoms with Crippen LogP contribution in [0.5, 0.6) is 0 Å². The Bertz CT molecular complexity index is 429. The molecule has 0 heterocycles. The summed E-state index contributed by atoms with van der Waals surface area (Å²) in [5.41, 5.74) is 2.45. The largest absolute Gasteiger partial charge is 0.380 e. The van der Waals surface area contributed by atoms with E-state index in [4.69, 9.17) is 9.79 Å². The summed E-state index contributed by atoms with van der Waals surface area (Å²) in [5, 5.41) is 12.3. The summed E-state index contributed by atoms with van der Waals surface area (Å²) in [7, 11) is -4.37. The maximum Gasteiger partial charge on any atom is 0.353 e. The van der Waals surface area contributed by atoms with Gasteiger partial charge in [-0.1, -0.05) is 37.6 Å². The standard InChI is InChI=1S/C14H24NO4P/c1-2-3-4-12-5-7-13(8-6-12)11-15-10-9-14(16)20(17,18)19/h5-8,14-16H,2-4,9-11H2,1H3,(H2,17,18,19). The van der Waals surface area contributed by atoms with Crippen molar-refractivity contribution in [3.8, 4) is 0 Å². The molecule has 0 saturated carbocycles. The predicted molar refractivity (Wildman–Crippen MR) is 79.4 cm³/mol. The third-order valence-corrected chi connectivity index (χ3v) is 4.17. The zero-order chi connectivity index (χ0) is 15.0. The highest BCUT2D eigenvalue weighted by Gasteiger charge is 2.25. The van der Waals surface area contributed by atoms with Gasteiger partial charge >= 0.3 is 7.60 Å². The van der Waals surface area contributed by atoms with E-state index in [1.165, 1.54) is 18.4 Å². The average Bonchev–Trinajstić information content (AvgIpc) is 2.41. The highest BCUT2D eigenvalue weighted by molar-refractivity contribution is 7.52. The van der Waals surface area contributed by atoms with Crippen molar-refractivity contribution < 1.29 is 19.5 Å². The summed E-state index contributed by atoms with van der Waals surface area (Å²) in [5.74, 6) is -1.58. The number of aliphatic hydroxyl groups excluding tert-OH is 1. The second-order valence-corrected chi connectivity index (χ2v) is 6.73. The quantitative estimate of drug-likeness (QED) is 0.414. The maximum absolute atomic E-state index is 10.7. The Morgan fingerprint density at radius 1 is 1.20 bits per heavy atom. The minimum absolute atomic E-state index is 0.0405. The van der Waals surface area contributed by atoms with E-state index in [9.17, 15) is 9.67 Å². The van der Waals surface area contributed by atoms with E-state index in [-0.39, 0.29) is 6.42 Å². The first-order valence-electron chi connectivity index (χ1n) is 6.95. The highest BCUT2D eigenvalue weighted by atomic mass is 31.2. The van der Waals surface area contributed by atoms with Gasteiger partial charge in [-0.3, -0.25) is 4.57 Å². The molecule has 0 aromatic heterocycles. The van der Waals surface area contributed by atoms with Crippen molar-refractivity contribution >= 4 is 7.60 Å². The molecule has 0 spiro atoms. The van der Waals surface area contributed by atoms with Crippen LogP contribution in [0.15, 0.2) is 24.3 Å². The number of aliphatic hydroxyl groups is 1. The van der Waals surface area contributed by atoms with E-state index in [0.29, 0.717) is 13.1 Å². The molecule has 6 heteroatoms. The first-order chi connectivity index (χ1) is 9.43. The molecule has 0 bridgehead atoms. The molecular formula is C14H24NO4P. The van der Waals surface area contributed by atoms with Crippen molar-refractivity contribution in [2.75, 3.05) is 6.54 Å². The molecule has 0 saturated heterocycles. The number of aryl methyl sites for hydroxylation is 1. The monoisotopic (exact) mass is 301 g/mol. The third kappa shape index (κ3) is 6.64. The van der Waals surface area contributed by atoms with E-state index in [0.717, 1.165) is 12.0 Å². The van der Waals surface area contributed by atoms with Crippen LogP contribution >= 0.6 is 7.60 Å². The second-order valence-electron chi connectivity index (χ2n) is 4.96. The maximum atomic E-state index is 10.7. The molecule has 1 atom stereocenters. The van der Waals surface area contributed by atoms with E-state index < -0.39 is 13.4 Å². The zero-order valence-corrected chi connectivity index (χ0v) is 12.7. The molecule has 1 aromatic carbocycles. The first kappa shape index (κ1) is 17.3. The number of benzene rings is 1. The van der Waals surface area contributed by atoms with E-state index in [1.54, 1.807) is 0 Å². The molecule has 0 aliphatic carbocycles. The van der Waals surface area contributed by atoms with Crippen molar-refractivity contribution in [3.63, 3.8) is 0 Å². The molecule has 1 rings (SSSR count). The summed E-state index contributed by atoms with van der Waals surface area (Å²) >= 11 is 0. The molecule has 0 amide bonds. The molecule has 0 aliphatic heterocycles. The lowest BCUT2D eigenvalue weighted by atomic mass is 10.1. The van der Waals surface area contributed by atoms with Gasteiger partial charge in [-0.25, -0.2) is 0 Å². The Morgan fingerprint density at radius 3 is 2.35 bits per heavy atom. The van der Waals surface area contributed by atoms with Crippen molar-refractivity contribution in [3.05, 3.63) is 35.4 Å². The molecule has 5 nitrogen and oxygen atoms in total. The van der Waals surface area contributed by atoms with Crippen LogP contribution in [-0.2, 0) is 17.5 Å². The highest BCUT2D eigenvalue weighted by Crippen LogP contribution is 2.40. The van der Waals surface area contributed by atoms with Gasteiger partial charge in [0.25, 0.3) is 0 Å². The fourth-order valence-corrected chi connectivity index (χ4v) is 2.30. The van der Waals surface area contributed by atoms with Crippen molar-refractivity contribution in [1.29, 1.82) is 0 Å². The van der Waals surface area contributed by atoms with E-state index in [2.05, 4.69) is 36.5 Å². The van der Waals surface area contributed by atoms with Crippen LogP contribution in [0.25, 0.3) is 0 Å². The summed E-state index contributed by atoms with van der Waals surface area (Å²) < 4.78 is 10.7. The predicted octanol–water partition coefficient (Wildman–Crippen LogP) is 2.01. The molecular weight excluding hydrogens is 277 g/mol. The summed E-state index contributed by atoms with van der Waals surface area (Å²) in [6.45, 7) is 3.16. The van der Waals surface area contributed by atoms with E-state index >= 15 is 0 Å². The van der Waals surface area contributed by atoms with Crippen LogP contribution in [-0.4, -0.2) is 27.3 Å². The average molecular weight is 301 g/mol. The Morgan fingerprint density at radius 2 is 1.80 bits per heavy atom. The zero-order valence-electron chi connectivity index (χ0n) is 11.8. The van der Waals surface area contributed by atoms with Gasteiger partial charge in [0.2, 0.25) is 0 Å². The fourth-order valence-electron chi connectivity index (χ4n) is 1.84. The van der Waals surface area contributed by atoms with Gasteiger partial charge in [0, 0.05) is 6.54 Å². The lowest BCUT2D eigenvalue weighted by Gasteiger charge is -2.12. The minimum atomic E-state index is -4.37.